The molecule has 8 heteroatoms. The highest BCUT2D eigenvalue weighted by molar-refractivity contribution is 6.31. The van der Waals surface area contributed by atoms with Crippen molar-refractivity contribution >= 4 is 17.5 Å². The van der Waals surface area contributed by atoms with Gasteiger partial charge in [-0.25, -0.2) is 0 Å². The van der Waals surface area contributed by atoms with Crippen LogP contribution in [0.25, 0.3) is 0 Å². The third kappa shape index (κ3) is 3.12. The van der Waals surface area contributed by atoms with Crippen molar-refractivity contribution in [2.75, 3.05) is 0 Å². The standard InChI is InChI=1S/C10H9ClF3NO3/c11-6-2-1-4(10(12,13)14)3-5(6)7(16)8(17)9(15)18/h1-3,7-8,16-17H,(H2,15,18). The summed E-state index contributed by atoms with van der Waals surface area (Å²) in [7, 11) is 0. The van der Waals surface area contributed by atoms with Gasteiger partial charge in [0.25, 0.3) is 0 Å². The van der Waals surface area contributed by atoms with Gasteiger partial charge >= 0.3 is 6.18 Å². The smallest absolute Gasteiger partial charge is 0.385 e. The molecule has 1 amide bonds. The minimum absolute atomic E-state index is 0.212. The predicted octanol–water partition coefficient (Wildman–Crippen LogP) is 1.24. The Morgan fingerprint density at radius 3 is 2.33 bits per heavy atom. The lowest BCUT2D eigenvalue weighted by molar-refractivity contribution is -0.137. The van der Waals surface area contributed by atoms with Crippen LogP contribution in [0, 0.1) is 0 Å². The second-order valence-corrected chi connectivity index (χ2v) is 3.93. The Morgan fingerprint density at radius 2 is 1.89 bits per heavy atom. The summed E-state index contributed by atoms with van der Waals surface area (Å²) in [5.41, 5.74) is 3.26. The number of rotatable bonds is 3. The van der Waals surface area contributed by atoms with Crippen molar-refractivity contribution < 1.29 is 28.2 Å². The van der Waals surface area contributed by atoms with Gasteiger partial charge in [0.2, 0.25) is 5.91 Å². The maximum absolute atomic E-state index is 12.4. The van der Waals surface area contributed by atoms with Gasteiger partial charge in [-0.3, -0.25) is 4.79 Å². The molecule has 0 heterocycles. The van der Waals surface area contributed by atoms with Gasteiger partial charge < -0.3 is 15.9 Å². The second-order valence-electron chi connectivity index (χ2n) is 3.53. The molecule has 0 aliphatic rings. The van der Waals surface area contributed by atoms with E-state index < -0.39 is 35.4 Å². The Bertz CT molecular complexity index is 464. The molecule has 0 aliphatic heterocycles. The number of carbonyl (C=O) groups excluding carboxylic acids is 1. The van der Waals surface area contributed by atoms with E-state index in [1.54, 1.807) is 0 Å². The number of carbonyl (C=O) groups is 1. The quantitative estimate of drug-likeness (QED) is 0.780. The van der Waals surface area contributed by atoms with Crippen LogP contribution in [0.15, 0.2) is 18.2 Å². The van der Waals surface area contributed by atoms with E-state index in [0.717, 1.165) is 12.1 Å². The topological polar surface area (TPSA) is 83.6 Å². The number of amides is 1. The molecule has 4 nitrogen and oxygen atoms in total. The fourth-order valence-electron chi connectivity index (χ4n) is 1.27. The van der Waals surface area contributed by atoms with Crippen LogP contribution in [-0.2, 0) is 11.0 Å². The molecular weight excluding hydrogens is 275 g/mol. The van der Waals surface area contributed by atoms with E-state index in [9.17, 15) is 28.2 Å². The molecular formula is C10H9ClF3NO3. The molecule has 1 aromatic carbocycles. The lowest BCUT2D eigenvalue weighted by Crippen LogP contribution is -2.34. The largest absolute Gasteiger partial charge is 0.416 e. The monoisotopic (exact) mass is 283 g/mol. The average molecular weight is 284 g/mol. The maximum Gasteiger partial charge on any atom is 0.416 e. The van der Waals surface area contributed by atoms with Crippen molar-refractivity contribution in [3.63, 3.8) is 0 Å². The number of halogens is 4. The van der Waals surface area contributed by atoms with Crippen molar-refractivity contribution in [3.8, 4) is 0 Å². The van der Waals surface area contributed by atoms with Crippen molar-refractivity contribution in [1.82, 2.24) is 0 Å². The van der Waals surface area contributed by atoms with Gasteiger partial charge in [0.1, 0.15) is 6.10 Å². The van der Waals surface area contributed by atoms with E-state index in [2.05, 4.69) is 0 Å². The first-order valence-corrected chi connectivity index (χ1v) is 5.04. The third-order valence-corrected chi connectivity index (χ3v) is 2.58. The van der Waals surface area contributed by atoms with Crippen LogP contribution < -0.4 is 5.73 Å². The Hall–Kier alpha value is -1.31. The van der Waals surface area contributed by atoms with Crippen LogP contribution >= 0.6 is 11.6 Å². The first-order valence-electron chi connectivity index (χ1n) is 4.66. The van der Waals surface area contributed by atoms with Crippen LogP contribution in [-0.4, -0.2) is 22.2 Å². The minimum Gasteiger partial charge on any atom is -0.385 e. The summed E-state index contributed by atoms with van der Waals surface area (Å²) < 4.78 is 37.3. The molecule has 2 atom stereocenters. The lowest BCUT2D eigenvalue weighted by atomic mass is 10.0. The molecule has 0 fully saturated rings. The number of primary amides is 1. The van der Waals surface area contributed by atoms with Gasteiger partial charge in [-0.15, -0.1) is 0 Å². The number of hydrogen-bond acceptors (Lipinski definition) is 3. The van der Waals surface area contributed by atoms with Crippen LogP contribution in [0.4, 0.5) is 13.2 Å². The summed E-state index contributed by atoms with van der Waals surface area (Å²) in [5, 5.41) is 18.5. The third-order valence-electron chi connectivity index (χ3n) is 2.23. The highest BCUT2D eigenvalue weighted by Crippen LogP contribution is 2.34. The minimum atomic E-state index is -4.63. The van der Waals surface area contributed by atoms with Crippen LogP contribution in [0.1, 0.15) is 17.2 Å². The summed E-state index contributed by atoms with van der Waals surface area (Å²) >= 11 is 5.60. The number of nitrogens with two attached hydrogens (primary N) is 1. The van der Waals surface area contributed by atoms with E-state index in [1.807, 2.05) is 0 Å². The van der Waals surface area contributed by atoms with Gasteiger partial charge in [-0.1, -0.05) is 11.6 Å². The zero-order valence-corrected chi connectivity index (χ0v) is 9.53. The van der Waals surface area contributed by atoms with Gasteiger partial charge in [0, 0.05) is 10.6 Å². The normalized spacial score (nSPS) is 15.2. The van der Waals surface area contributed by atoms with Crippen LogP contribution in [0.3, 0.4) is 0 Å². The Balaban J connectivity index is 3.20. The first-order chi connectivity index (χ1) is 8.14. The second kappa shape index (κ2) is 5.13. The first kappa shape index (κ1) is 14.7. The zero-order chi connectivity index (χ0) is 14.1. The number of hydrogen-bond donors (Lipinski definition) is 3. The molecule has 0 radical (unpaired) electrons. The van der Waals surface area contributed by atoms with E-state index in [1.165, 1.54) is 0 Å². The molecule has 0 saturated carbocycles. The molecule has 1 rings (SSSR count). The summed E-state index contributed by atoms with van der Waals surface area (Å²) in [6.07, 6.45) is -8.58. The van der Waals surface area contributed by atoms with Crippen molar-refractivity contribution in [1.29, 1.82) is 0 Å². The average Bonchev–Trinajstić information content (AvgIpc) is 2.26. The molecule has 1 aromatic rings. The van der Waals surface area contributed by atoms with Crippen molar-refractivity contribution in [3.05, 3.63) is 34.3 Å². The Labute approximate surface area is 105 Å². The number of alkyl halides is 3. The van der Waals surface area contributed by atoms with E-state index >= 15 is 0 Å². The van der Waals surface area contributed by atoms with E-state index in [-0.39, 0.29) is 5.02 Å². The molecule has 0 aromatic heterocycles. The Kier molecular flexibility index (Phi) is 4.20. The van der Waals surface area contributed by atoms with E-state index in [4.69, 9.17) is 17.3 Å². The van der Waals surface area contributed by atoms with Crippen molar-refractivity contribution in [2.24, 2.45) is 5.73 Å². The summed E-state index contributed by atoms with van der Waals surface area (Å²) in [6, 6.07) is 2.19. The highest BCUT2D eigenvalue weighted by Gasteiger charge is 2.33. The highest BCUT2D eigenvalue weighted by atomic mass is 35.5. The summed E-state index contributed by atoms with van der Waals surface area (Å²) in [5.74, 6) is -1.27. The SMILES string of the molecule is NC(=O)C(O)C(O)c1cc(C(F)(F)F)ccc1Cl. The molecule has 0 bridgehead atoms. The molecule has 0 aliphatic carbocycles. The van der Waals surface area contributed by atoms with Gasteiger partial charge in [-0.2, -0.15) is 13.2 Å². The Morgan fingerprint density at radius 1 is 1.33 bits per heavy atom. The number of aliphatic hydroxyl groups is 2. The molecule has 4 N–H and O–H groups in total. The zero-order valence-electron chi connectivity index (χ0n) is 8.78. The maximum atomic E-state index is 12.4. The van der Waals surface area contributed by atoms with Gasteiger partial charge in [0.05, 0.1) is 5.56 Å². The van der Waals surface area contributed by atoms with E-state index in [0.29, 0.717) is 6.07 Å². The van der Waals surface area contributed by atoms with Crippen molar-refractivity contribution in [2.45, 2.75) is 18.4 Å². The summed E-state index contributed by atoms with van der Waals surface area (Å²) in [4.78, 5) is 10.7. The van der Waals surface area contributed by atoms with Crippen LogP contribution in [0.2, 0.25) is 5.02 Å². The molecule has 0 saturated heterocycles. The van der Waals surface area contributed by atoms with Gasteiger partial charge in [-0.05, 0) is 18.2 Å². The molecule has 100 valence electrons. The molecule has 18 heavy (non-hydrogen) atoms. The molecule has 0 spiro atoms. The fraction of sp³-hybridized carbons (Fsp3) is 0.300. The lowest BCUT2D eigenvalue weighted by Gasteiger charge is -2.18. The molecule has 2 unspecified atom stereocenters. The summed E-state index contributed by atoms with van der Waals surface area (Å²) in [6.45, 7) is 0. The number of aliphatic hydroxyl groups excluding tert-OH is 2. The fourth-order valence-corrected chi connectivity index (χ4v) is 1.50. The van der Waals surface area contributed by atoms with Gasteiger partial charge in [0.15, 0.2) is 6.10 Å². The predicted molar refractivity (Wildman–Crippen MR) is 56.6 cm³/mol. The van der Waals surface area contributed by atoms with Crippen LogP contribution in [0.5, 0.6) is 0 Å². The number of benzene rings is 1.